The summed E-state index contributed by atoms with van der Waals surface area (Å²) >= 11 is 0. The molecule has 0 unspecified atom stereocenters. The van der Waals surface area contributed by atoms with Crippen LogP contribution in [0.15, 0.2) is 30.3 Å². The Kier molecular flexibility index (Phi) is 5.78. The summed E-state index contributed by atoms with van der Waals surface area (Å²) in [4.78, 5) is 12.9. The van der Waals surface area contributed by atoms with Gasteiger partial charge in [-0.2, -0.15) is 0 Å². The molecule has 0 amide bonds. The molecule has 8 nitrogen and oxygen atoms in total. The van der Waals surface area contributed by atoms with Crippen LogP contribution in [0.4, 0.5) is 5.69 Å². The molecule has 144 valence electrons. The predicted molar refractivity (Wildman–Crippen MR) is 98.1 cm³/mol. The molecule has 0 bridgehead atoms. The van der Waals surface area contributed by atoms with Gasteiger partial charge in [0.2, 0.25) is 0 Å². The van der Waals surface area contributed by atoms with Crippen molar-refractivity contribution in [2.24, 2.45) is 0 Å². The first kappa shape index (κ1) is 18.9. The number of nitro groups is 1. The van der Waals surface area contributed by atoms with Gasteiger partial charge in [-0.25, -0.2) is 0 Å². The van der Waals surface area contributed by atoms with Gasteiger partial charge in [0, 0.05) is 36.3 Å². The molecule has 0 saturated heterocycles. The van der Waals surface area contributed by atoms with E-state index in [9.17, 15) is 10.1 Å². The van der Waals surface area contributed by atoms with Crippen molar-refractivity contribution in [3.05, 3.63) is 57.1 Å². The molecule has 8 heteroatoms. The minimum Gasteiger partial charge on any atom is -0.493 e. The van der Waals surface area contributed by atoms with Crippen LogP contribution in [0, 0.1) is 10.1 Å². The van der Waals surface area contributed by atoms with E-state index in [0.717, 1.165) is 11.1 Å². The van der Waals surface area contributed by atoms with E-state index in [1.54, 1.807) is 20.3 Å². The zero-order chi connectivity index (χ0) is 19.4. The van der Waals surface area contributed by atoms with E-state index in [2.05, 4.69) is 4.90 Å². The van der Waals surface area contributed by atoms with E-state index < -0.39 is 4.92 Å². The van der Waals surface area contributed by atoms with Gasteiger partial charge < -0.3 is 18.9 Å². The third-order valence-corrected chi connectivity index (χ3v) is 4.32. The first-order valence-corrected chi connectivity index (χ1v) is 8.42. The Morgan fingerprint density at radius 3 is 2.63 bits per heavy atom. The lowest BCUT2D eigenvalue weighted by Gasteiger charge is -2.23. The van der Waals surface area contributed by atoms with Gasteiger partial charge in [0.15, 0.2) is 18.3 Å². The van der Waals surface area contributed by atoms with Gasteiger partial charge in [0.05, 0.1) is 25.7 Å². The molecular weight excluding hydrogens is 352 g/mol. The molecule has 0 radical (unpaired) electrons. The average molecular weight is 374 g/mol. The van der Waals surface area contributed by atoms with E-state index in [4.69, 9.17) is 18.9 Å². The second-order valence-electron chi connectivity index (χ2n) is 6.32. The second kappa shape index (κ2) is 8.24. The fourth-order valence-electron chi connectivity index (χ4n) is 3.14. The first-order chi connectivity index (χ1) is 13.0. The number of non-ortho nitro benzene ring substituents is 1. The van der Waals surface area contributed by atoms with Crippen LogP contribution in [0.1, 0.15) is 16.7 Å². The molecular formula is C19H22N2O6. The summed E-state index contributed by atoms with van der Waals surface area (Å²) in [6.45, 7) is 1.59. The molecule has 0 saturated carbocycles. The van der Waals surface area contributed by atoms with Crippen LogP contribution in [0.25, 0.3) is 0 Å². The van der Waals surface area contributed by atoms with Gasteiger partial charge in [-0.1, -0.05) is 6.07 Å². The maximum absolute atomic E-state index is 11.2. The number of hydrogen-bond donors (Lipinski definition) is 0. The first-order valence-electron chi connectivity index (χ1n) is 8.42. The van der Waals surface area contributed by atoms with Crippen molar-refractivity contribution in [2.75, 3.05) is 28.1 Å². The van der Waals surface area contributed by atoms with E-state index >= 15 is 0 Å². The molecule has 0 aromatic heterocycles. The standard InChI is InChI=1S/C19H22N2O6/c1-20(9-13-4-5-17(24-2)18(6-13)25-3)10-14-7-16(21(22)23)8-15-11-26-12-27-19(14)15/h4-8H,9-12H2,1-3H3. The summed E-state index contributed by atoms with van der Waals surface area (Å²) in [6, 6.07) is 8.81. The SMILES string of the molecule is COc1ccc(CN(C)Cc2cc([N+](=O)[O-])cc3c2OCOC3)cc1OC. The lowest BCUT2D eigenvalue weighted by molar-refractivity contribution is -0.385. The normalized spacial score (nSPS) is 13.0. The molecule has 1 aliphatic rings. The Balaban J connectivity index is 1.80. The summed E-state index contributed by atoms with van der Waals surface area (Å²) < 4.78 is 21.4. The molecule has 0 fully saturated rings. The molecule has 1 heterocycles. The van der Waals surface area contributed by atoms with Crippen LogP contribution in [-0.2, 0) is 24.4 Å². The molecule has 2 aromatic rings. The fourth-order valence-corrected chi connectivity index (χ4v) is 3.14. The van der Waals surface area contributed by atoms with E-state index in [-0.39, 0.29) is 12.5 Å². The third kappa shape index (κ3) is 4.29. The summed E-state index contributed by atoms with van der Waals surface area (Å²) in [5.74, 6) is 2.01. The monoisotopic (exact) mass is 374 g/mol. The number of rotatable bonds is 7. The Morgan fingerprint density at radius 2 is 1.93 bits per heavy atom. The summed E-state index contributed by atoms with van der Waals surface area (Å²) in [6.07, 6.45) is 0. The Hall–Kier alpha value is -2.84. The van der Waals surface area contributed by atoms with Crippen molar-refractivity contribution < 1.29 is 23.9 Å². The number of nitrogens with zero attached hydrogens (tertiary/aromatic N) is 2. The zero-order valence-electron chi connectivity index (χ0n) is 15.6. The highest BCUT2D eigenvalue weighted by Crippen LogP contribution is 2.34. The highest BCUT2D eigenvalue weighted by Gasteiger charge is 2.21. The molecule has 0 aliphatic carbocycles. The van der Waals surface area contributed by atoms with E-state index in [1.165, 1.54) is 6.07 Å². The van der Waals surface area contributed by atoms with E-state index in [1.807, 2.05) is 25.2 Å². The molecule has 3 rings (SSSR count). The van der Waals surface area contributed by atoms with Gasteiger partial charge in [0.25, 0.3) is 5.69 Å². The molecule has 0 spiro atoms. The van der Waals surface area contributed by atoms with Crippen LogP contribution in [0.2, 0.25) is 0 Å². The Labute approximate surface area is 157 Å². The smallest absolute Gasteiger partial charge is 0.270 e. The molecule has 0 N–H and O–H groups in total. The average Bonchev–Trinajstić information content (AvgIpc) is 2.67. The van der Waals surface area contributed by atoms with E-state index in [0.29, 0.717) is 42.5 Å². The maximum atomic E-state index is 11.2. The largest absolute Gasteiger partial charge is 0.493 e. The van der Waals surface area contributed by atoms with Gasteiger partial charge in [0.1, 0.15) is 5.75 Å². The minimum atomic E-state index is -0.396. The molecule has 2 aromatic carbocycles. The molecule has 0 atom stereocenters. The molecule has 1 aliphatic heterocycles. The van der Waals surface area contributed by atoms with Gasteiger partial charge in [-0.3, -0.25) is 15.0 Å². The Bertz CT molecular complexity index is 839. The van der Waals surface area contributed by atoms with Crippen molar-refractivity contribution in [3.63, 3.8) is 0 Å². The van der Waals surface area contributed by atoms with Crippen molar-refractivity contribution in [1.29, 1.82) is 0 Å². The number of methoxy groups -OCH3 is 2. The Morgan fingerprint density at radius 1 is 1.15 bits per heavy atom. The summed E-state index contributed by atoms with van der Waals surface area (Å²) in [7, 11) is 5.14. The molecule has 27 heavy (non-hydrogen) atoms. The summed E-state index contributed by atoms with van der Waals surface area (Å²) in [5.41, 5.74) is 2.55. The quantitative estimate of drug-likeness (QED) is 0.544. The predicted octanol–water partition coefficient (Wildman–Crippen LogP) is 3.11. The van der Waals surface area contributed by atoms with Crippen LogP contribution >= 0.6 is 0 Å². The van der Waals surface area contributed by atoms with Gasteiger partial charge in [-0.15, -0.1) is 0 Å². The van der Waals surface area contributed by atoms with Gasteiger partial charge >= 0.3 is 0 Å². The van der Waals surface area contributed by atoms with Crippen LogP contribution < -0.4 is 14.2 Å². The van der Waals surface area contributed by atoms with Gasteiger partial charge in [-0.05, 0) is 24.7 Å². The lowest BCUT2D eigenvalue weighted by Crippen LogP contribution is -2.20. The highest BCUT2D eigenvalue weighted by molar-refractivity contribution is 5.50. The van der Waals surface area contributed by atoms with Crippen LogP contribution in [0.5, 0.6) is 17.2 Å². The van der Waals surface area contributed by atoms with Crippen LogP contribution in [0.3, 0.4) is 0 Å². The number of ether oxygens (including phenoxy) is 4. The van der Waals surface area contributed by atoms with Crippen LogP contribution in [-0.4, -0.2) is 37.9 Å². The zero-order valence-corrected chi connectivity index (χ0v) is 15.6. The highest BCUT2D eigenvalue weighted by atomic mass is 16.7. The van der Waals surface area contributed by atoms with Crippen molar-refractivity contribution in [2.45, 2.75) is 19.7 Å². The number of nitro benzene ring substituents is 1. The fraction of sp³-hybridized carbons (Fsp3) is 0.368. The maximum Gasteiger partial charge on any atom is 0.270 e. The number of benzene rings is 2. The third-order valence-electron chi connectivity index (χ3n) is 4.32. The number of fused-ring (bicyclic) bond motifs is 1. The lowest BCUT2D eigenvalue weighted by atomic mass is 10.1. The van der Waals surface area contributed by atoms with Crippen molar-refractivity contribution in [1.82, 2.24) is 4.90 Å². The number of hydrogen-bond acceptors (Lipinski definition) is 7. The minimum absolute atomic E-state index is 0.0392. The second-order valence-corrected chi connectivity index (χ2v) is 6.32. The van der Waals surface area contributed by atoms with Crippen molar-refractivity contribution in [3.8, 4) is 17.2 Å². The van der Waals surface area contributed by atoms with Crippen molar-refractivity contribution >= 4 is 5.69 Å². The topological polar surface area (TPSA) is 83.3 Å². The summed E-state index contributed by atoms with van der Waals surface area (Å²) in [5, 5.41) is 11.2.